The molecule has 9 heteroatoms. The maximum Gasteiger partial charge on any atom is 0.436 e. The van der Waals surface area contributed by atoms with E-state index in [-0.39, 0.29) is 11.6 Å². The fourth-order valence-corrected chi connectivity index (χ4v) is 2.71. The number of carbonyl (C=O) groups excluding carboxylic acids is 1. The Bertz CT molecular complexity index is 704. The Hall–Kier alpha value is -1.83. The second-order valence-corrected chi connectivity index (χ2v) is 5.61. The minimum atomic E-state index is -4.65. The molecular weight excluding hydrogens is 321 g/mol. The monoisotopic (exact) mass is 332 g/mol. The Morgan fingerprint density at radius 1 is 1.45 bits per heavy atom. The van der Waals surface area contributed by atoms with Crippen molar-refractivity contribution < 1.29 is 18.0 Å². The lowest BCUT2D eigenvalue weighted by Crippen LogP contribution is -2.25. The number of aromatic nitrogens is 4. The highest BCUT2D eigenvalue weighted by Crippen LogP contribution is 2.47. The zero-order valence-electron chi connectivity index (χ0n) is 11.5. The van der Waals surface area contributed by atoms with Crippen molar-refractivity contribution in [1.82, 2.24) is 19.6 Å². The third-order valence-corrected chi connectivity index (χ3v) is 3.95. The first kappa shape index (κ1) is 15.1. The van der Waals surface area contributed by atoms with Gasteiger partial charge in [0.2, 0.25) is 0 Å². The molecule has 22 heavy (non-hydrogen) atoms. The number of hydrogen-bond acceptors (Lipinski definition) is 3. The van der Waals surface area contributed by atoms with Crippen LogP contribution < -0.4 is 0 Å². The molecule has 5 nitrogen and oxygen atoms in total. The van der Waals surface area contributed by atoms with E-state index in [0.717, 1.165) is 22.2 Å². The Kier molecular flexibility index (Phi) is 3.51. The van der Waals surface area contributed by atoms with Crippen LogP contribution in [0.3, 0.4) is 0 Å². The summed E-state index contributed by atoms with van der Waals surface area (Å²) in [4.78, 5) is 12.3. The summed E-state index contributed by atoms with van der Waals surface area (Å²) in [5.74, 6) is -0.552. The molecule has 1 aliphatic rings. The van der Waals surface area contributed by atoms with Crippen LogP contribution >= 0.6 is 11.6 Å². The fourth-order valence-electron chi connectivity index (χ4n) is 2.32. The quantitative estimate of drug-likeness (QED) is 0.864. The Balaban J connectivity index is 2.04. The van der Waals surface area contributed by atoms with Crippen molar-refractivity contribution in [1.29, 1.82) is 0 Å². The summed E-state index contributed by atoms with van der Waals surface area (Å²) in [6.45, 7) is 1.49. The van der Waals surface area contributed by atoms with Crippen molar-refractivity contribution in [3.63, 3.8) is 0 Å². The molecule has 0 unspecified atom stereocenters. The molecule has 1 atom stereocenters. The van der Waals surface area contributed by atoms with Crippen molar-refractivity contribution in [3.8, 4) is 0 Å². The second kappa shape index (κ2) is 5.12. The van der Waals surface area contributed by atoms with Gasteiger partial charge in [0.15, 0.2) is 5.69 Å². The molecule has 0 N–H and O–H groups in total. The van der Waals surface area contributed by atoms with E-state index in [9.17, 15) is 18.0 Å². The molecular formula is C13H12ClF3N4O. The highest BCUT2D eigenvalue weighted by Gasteiger charge is 2.43. The highest BCUT2D eigenvalue weighted by atomic mass is 35.5. The van der Waals surface area contributed by atoms with Gasteiger partial charge in [0.05, 0.1) is 10.7 Å². The van der Waals surface area contributed by atoms with Crippen molar-refractivity contribution in [2.24, 2.45) is 0 Å². The normalized spacial score (nSPS) is 16.8. The van der Waals surface area contributed by atoms with E-state index in [4.69, 9.17) is 11.6 Å². The summed E-state index contributed by atoms with van der Waals surface area (Å²) in [6, 6.07) is 0.632. The van der Waals surface area contributed by atoms with Crippen LogP contribution in [0, 0.1) is 0 Å². The van der Waals surface area contributed by atoms with Crippen LogP contribution in [0.4, 0.5) is 13.2 Å². The minimum absolute atomic E-state index is 0.0797. The summed E-state index contributed by atoms with van der Waals surface area (Å²) in [5, 5.41) is 6.97. The largest absolute Gasteiger partial charge is 0.436 e. The molecule has 1 fully saturated rings. The summed E-state index contributed by atoms with van der Waals surface area (Å²) >= 11 is 5.89. The van der Waals surface area contributed by atoms with Gasteiger partial charge in [-0.15, -0.1) is 0 Å². The fraction of sp³-hybridized carbons (Fsp3) is 0.462. The van der Waals surface area contributed by atoms with Gasteiger partial charge in [0, 0.05) is 18.3 Å². The predicted octanol–water partition coefficient (Wildman–Crippen LogP) is 3.53. The smallest absolute Gasteiger partial charge is 0.270 e. The number of alkyl halides is 3. The number of halogens is 4. The van der Waals surface area contributed by atoms with Crippen LogP contribution in [0.2, 0.25) is 5.02 Å². The molecule has 0 saturated heterocycles. The number of hydrogen-bond donors (Lipinski definition) is 0. The number of nitrogens with zero attached hydrogens (tertiary/aromatic N) is 4. The van der Waals surface area contributed by atoms with E-state index >= 15 is 0 Å². The van der Waals surface area contributed by atoms with Crippen molar-refractivity contribution in [3.05, 3.63) is 34.9 Å². The van der Waals surface area contributed by atoms with E-state index in [1.165, 1.54) is 19.3 Å². The van der Waals surface area contributed by atoms with Crippen LogP contribution in [0.25, 0.3) is 0 Å². The third-order valence-electron chi connectivity index (χ3n) is 3.57. The molecule has 0 radical (unpaired) electrons. The summed E-state index contributed by atoms with van der Waals surface area (Å²) in [5.41, 5.74) is -0.863. The van der Waals surface area contributed by atoms with Gasteiger partial charge in [0.25, 0.3) is 5.91 Å². The van der Waals surface area contributed by atoms with E-state index in [2.05, 4.69) is 10.2 Å². The van der Waals surface area contributed by atoms with Crippen LogP contribution in [0.5, 0.6) is 0 Å². The van der Waals surface area contributed by atoms with Gasteiger partial charge in [-0.25, -0.2) is 4.68 Å². The van der Waals surface area contributed by atoms with Crippen molar-refractivity contribution in [2.45, 2.75) is 37.9 Å². The Morgan fingerprint density at radius 2 is 2.14 bits per heavy atom. The molecule has 1 saturated carbocycles. The zero-order valence-corrected chi connectivity index (χ0v) is 12.3. The van der Waals surface area contributed by atoms with Gasteiger partial charge < -0.3 is 0 Å². The van der Waals surface area contributed by atoms with Gasteiger partial charge in [-0.3, -0.25) is 9.48 Å². The summed E-state index contributed by atoms with van der Waals surface area (Å²) < 4.78 is 41.2. The molecule has 0 spiro atoms. The van der Waals surface area contributed by atoms with Gasteiger partial charge in [-0.2, -0.15) is 23.4 Å². The third kappa shape index (κ3) is 2.51. The van der Waals surface area contributed by atoms with Crippen molar-refractivity contribution in [2.75, 3.05) is 0 Å². The van der Waals surface area contributed by atoms with E-state index in [1.54, 1.807) is 6.07 Å². The Labute approximate surface area is 128 Å². The van der Waals surface area contributed by atoms with Crippen LogP contribution in [-0.4, -0.2) is 25.5 Å². The topological polar surface area (TPSA) is 52.7 Å². The highest BCUT2D eigenvalue weighted by molar-refractivity contribution is 6.32. The molecule has 2 aromatic heterocycles. The van der Waals surface area contributed by atoms with E-state index in [0.29, 0.717) is 0 Å². The molecule has 0 aliphatic heterocycles. The van der Waals surface area contributed by atoms with Gasteiger partial charge in [-0.1, -0.05) is 11.6 Å². The molecule has 0 aromatic carbocycles. The SMILES string of the molecule is C[C@@H](C(=O)n1cccn1)n1nc(C(F)(F)F)c(Cl)c1C1CC1. The molecule has 2 aromatic rings. The maximum atomic E-state index is 13.0. The predicted molar refractivity (Wildman–Crippen MR) is 71.8 cm³/mol. The molecule has 0 bridgehead atoms. The molecule has 3 rings (SSSR count). The number of carbonyl (C=O) groups is 1. The molecule has 1 aliphatic carbocycles. The van der Waals surface area contributed by atoms with Gasteiger partial charge in [-0.05, 0) is 25.8 Å². The average Bonchev–Trinajstić information content (AvgIpc) is 3.00. The Morgan fingerprint density at radius 3 is 2.64 bits per heavy atom. The average molecular weight is 333 g/mol. The van der Waals surface area contributed by atoms with Crippen LogP contribution in [0.15, 0.2) is 18.5 Å². The molecule has 0 amide bonds. The molecule has 118 valence electrons. The van der Waals surface area contributed by atoms with Crippen LogP contribution in [-0.2, 0) is 6.18 Å². The van der Waals surface area contributed by atoms with Crippen molar-refractivity contribution >= 4 is 17.5 Å². The minimum Gasteiger partial charge on any atom is -0.270 e. The number of rotatable bonds is 3. The lowest BCUT2D eigenvalue weighted by atomic mass is 10.2. The van der Waals surface area contributed by atoms with Gasteiger partial charge >= 0.3 is 6.18 Å². The summed E-state index contributed by atoms with van der Waals surface area (Å²) in [7, 11) is 0. The maximum absolute atomic E-state index is 13.0. The first-order valence-corrected chi connectivity index (χ1v) is 7.07. The van der Waals surface area contributed by atoms with Crippen LogP contribution in [0.1, 0.15) is 47.9 Å². The van der Waals surface area contributed by atoms with E-state index < -0.39 is 28.8 Å². The first-order chi connectivity index (χ1) is 10.3. The standard InChI is InChI=1S/C13H12ClF3N4O/c1-7(12(22)20-6-2-5-18-20)21-10(8-3-4-8)9(14)11(19-21)13(15,16)17/h2,5-8H,3-4H2,1H3/t7-/m0/s1. The first-order valence-electron chi connectivity index (χ1n) is 6.69. The second-order valence-electron chi connectivity index (χ2n) is 5.23. The summed E-state index contributed by atoms with van der Waals surface area (Å²) in [6.07, 6.45) is -0.313. The molecule has 2 heterocycles. The lowest BCUT2D eigenvalue weighted by molar-refractivity contribution is -0.141. The zero-order chi connectivity index (χ0) is 16.1. The van der Waals surface area contributed by atoms with Gasteiger partial charge in [0.1, 0.15) is 6.04 Å². The van der Waals surface area contributed by atoms with E-state index in [1.807, 2.05) is 0 Å². The lowest BCUT2D eigenvalue weighted by Gasteiger charge is -2.14.